The van der Waals surface area contributed by atoms with E-state index in [2.05, 4.69) is 27.6 Å². The van der Waals surface area contributed by atoms with Gasteiger partial charge in [0.25, 0.3) is 0 Å². The average Bonchev–Trinajstić information content (AvgIpc) is 2.33. The third kappa shape index (κ3) is 3.70. The van der Waals surface area contributed by atoms with Crippen molar-refractivity contribution in [2.75, 3.05) is 17.8 Å². The zero-order valence-corrected chi connectivity index (χ0v) is 13.6. The zero-order chi connectivity index (χ0) is 14.0. The van der Waals surface area contributed by atoms with E-state index in [1.54, 1.807) is 6.07 Å². The summed E-state index contributed by atoms with van der Waals surface area (Å²) in [7, 11) is -3.45. The summed E-state index contributed by atoms with van der Waals surface area (Å²) in [5, 5.41) is 0. The van der Waals surface area contributed by atoms with E-state index < -0.39 is 10.2 Å². The van der Waals surface area contributed by atoms with Gasteiger partial charge in [-0.15, -0.1) is 0 Å². The number of rotatable bonds is 3. The van der Waals surface area contributed by atoms with Gasteiger partial charge in [-0.1, -0.05) is 13.0 Å². The van der Waals surface area contributed by atoms with Gasteiger partial charge < -0.3 is 0 Å². The van der Waals surface area contributed by atoms with Gasteiger partial charge in [0.1, 0.15) is 0 Å². The fourth-order valence-corrected chi connectivity index (χ4v) is 4.40. The first kappa shape index (κ1) is 14.8. The Morgan fingerprint density at radius 3 is 2.79 bits per heavy atom. The fourth-order valence-electron chi connectivity index (χ4n) is 2.27. The molecule has 0 spiro atoms. The van der Waals surface area contributed by atoms with Crippen LogP contribution in [-0.2, 0) is 10.2 Å². The third-order valence-corrected chi connectivity index (χ3v) is 5.47. The van der Waals surface area contributed by atoms with Crippen molar-refractivity contribution in [3.05, 3.63) is 28.2 Å². The monoisotopic (exact) mass is 346 g/mol. The molecular weight excluding hydrogens is 328 g/mol. The highest BCUT2D eigenvalue weighted by atomic mass is 79.9. The molecule has 1 fully saturated rings. The van der Waals surface area contributed by atoms with Gasteiger partial charge in [-0.05, 0) is 59.3 Å². The predicted molar refractivity (Wildman–Crippen MR) is 81.4 cm³/mol. The van der Waals surface area contributed by atoms with Crippen LogP contribution in [0.5, 0.6) is 0 Å². The van der Waals surface area contributed by atoms with Crippen LogP contribution in [0.15, 0.2) is 22.7 Å². The predicted octanol–water partition coefficient (Wildman–Crippen LogP) is 3.15. The molecule has 1 N–H and O–H groups in total. The summed E-state index contributed by atoms with van der Waals surface area (Å²) in [6.07, 6.45) is 2.03. The molecule has 1 atom stereocenters. The van der Waals surface area contributed by atoms with Crippen molar-refractivity contribution < 1.29 is 8.42 Å². The first-order chi connectivity index (χ1) is 8.88. The normalized spacial score (nSPS) is 21.3. The second kappa shape index (κ2) is 5.81. The average molecular weight is 347 g/mol. The van der Waals surface area contributed by atoms with Crippen molar-refractivity contribution in [2.24, 2.45) is 5.92 Å². The highest BCUT2D eigenvalue weighted by molar-refractivity contribution is 9.10. The molecule has 1 unspecified atom stereocenters. The molecule has 1 saturated heterocycles. The smallest absolute Gasteiger partial charge is 0.270 e. The highest BCUT2D eigenvalue weighted by Gasteiger charge is 2.27. The molecular formula is C13H19BrN2O2S. The summed E-state index contributed by atoms with van der Waals surface area (Å²) in [5.41, 5.74) is 1.67. The van der Waals surface area contributed by atoms with Gasteiger partial charge in [-0.2, -0.15) is 12.7 Å². The molecule has 0 saturated carbocycles. The largest absolute Gasteiger partial charge is 0.301 e. The minimum absolute atomic E-state index is 0.423. The van der Waals surface area contributed by atoms with Crippen LogP contribution in [0.1, 0.15) is 25.3 Å². The van der Waals surface area contributed by atoms with Gasteiger partial charge in [-0.25, -0.2) is 0 Å². The molecule has 19 heavy (non-hydrogen) atoms. The molecule has 2 rings (SSSR count). The Balaban J connectivity index is 2.16. The number of hydrogen-bond donors (Lipinski definition) is 1. The van der Waals surface area contributed by atoms with E-state index in [1.807, 2.05) is 19.1 Å². The van der Waals surface area contributed by atoms with E-state index in [-0.39, 0.29) is 0 Å². The fraction of sp³-hybridized carbons (Fsp3) is 0.538. The maximum Gasteiger partial charge on any atom is 0.301 e. The highest BCUT2D eigenvalue weighted by Crippen LogP contribution is 2.26. The number of nitrogens with one attached hydrogen (secondary N) is 1. The summed E-state index contributed by atoms with van der Waals surface area (Å²) >= 11 is 3.39. The minimum atomic E-state index is -3.45. The molecule has 1 aliphatic rings. The molecule has 0 radical (unpaired) electrons. The number of aryl methyl sites for hydroxylation is 1. The molecule has 1 aliphatic heterocycles. The number of anilines is 1. The SMILES string of the molecule is Cc1ccc(NS(=O)(=O)N2CCCC(C)C2)c(Br)c1. The lowest BCUT2D eigenvalue weighted by Crippen LogP contribution is -2.42. The van der Waals surface area contributed by atoms with Crippen molar-refractivity contribution in [1.82, 2.24) is 4.31 Å². The summed E-state index contributed by atoms with van der Waals surface area (Å²) in [4.78, 5) is 0. The van der Waals surface area contributed by atoms with Crippen molar-refractivity contribution in [1.29, 1.82) is 0 Å². The van der Waals surface area contributed by atoms with E-state index >= 15 is 0 Å². The van der Waals surface area contributed by atoms with Crippen LogP contribution in [0, 0.1) is 12.8 Å². The Kier molecular flexibility index (Phi) is 4.53. The molecule has 0 aromatic heterocycles. The Hall–Kier alpha value is -0.590. The lowest BCUT2D eigenvalue weighted by molar-refractivity contribution is 0.282. The molecule has 1 aromatic carbocycles. The topological polar surface area (TPSA) is 49.4 Å². The standard InChI is InChI=1S/C13H19BrN2O2S/c1-10-5-6-13(12(14)8-10)15-19(17,18)16-7-3-4-11(2)9-16/h5-6,8,11,15H,3-4,7,9H2,1-2H3. The first-order valence-corrected chi connectivity index (χ1v) is 8.66. The maximum atomic E-state index is 12.3. The van der Waals surface area contributed by atoms with E-state index in [4.69, 9.17) is 0 Å². The molecule has 1 aromatic rings. The molecule has 6 heteroatoms. The van der Waals surface area contributed by atoms with Gasteiger partial charge >= 0.3 is 10.2 Å². The van der Waals surface area contributed by atoms with Gasteiger partial charge in [0.15, 0.2) is 0 Å². The second-order valence-corrected chi connectivity index (χ2v) is 7.72. The van der Waals surface area contributed by atoms with Crippen molar-refractivity contribution >= 4 is 31.8 Å². The molecule has 106 valence electrons. The summed E-state index contributed by atoms with van der Waals surface area (Å²) < 4.78 is 29.6. The van der Waals surface area contributed by atoms with E-state index in [1.165, 1.54) is 4.31 Å². The van der Waals surface area contributed by atoms with Gasteiger partial charge in [-0.3, -0.25) is 4.72 Å². The lowest BCUT2D eigenvalue weighted by atomic mass is 10.0. The Labute approximate surface area is 123 Å². The van der Waals surface area contributed by atoms with Gasteiger partial charge in [0, 0.05) is 17.6 Å². The van der Waals surface area contributed by atoms with Crippen LogP contribution in [0.3, 0.4) is 0 Å². The lowest BCUT2D eigenvalue weighted by Gasteiger charge is -2.30. The molecule has 4 nitrogen and oxygen atoms in total. The van der Waals surface area contributed by atoms with E-state index in [9.17, 15) is 8.42 Å². The minimum Gasteiger partial charge on any atom is -0.270 e. The van der Waals surface area contributed by atoms with Gasteiger partial charge in [0.05, 0.1) is 5.69 Å². The Morgan fingerprint density at radius 2 is 2.16 bits per heavy atom. The Morgan fingerprint density at radius 1 is 1.42 bits per heavy atom. The van der Waals surface area contributed by atoms with Crippen LogP contribution in [0.2, 0.25) is 0 Å². The van der Waals surface area contributed by atoms with Crippen LogP contribution >= 0.6 is 15.9 Å². The van der Waals surface area contributed by atoms with Crippen LogP contribution in [-0.4, -0.2) is 25.8 Å². The van der Waals surface area contributed by atoms with Crippen molar-refractivity contribution in [2.45, 2.75) is 26.7 Å². The van der Waals surface area contributed by atoms with Crippen LogP contribution in [0.25, 0.3) is 0 Å². The number of benzene rings is 1. The van der Waals surface area contributed by atoms with Crippen molar-refractivity contribution in [3.8, 4) is 0 Å². The number of nitrogens with zero attached hydrogens (tertiary/aromatic N) is 1. The second-order valence-electron chi connectivity index (χ2n) is 5.20. The number of halogens is 1. The van der Waals surface area contributed by atoms with E-state index in [0.717, 1.165) is 22.9 Å². The summed E-state index contributed by atoms with van der Waals surface area (Å²) in [6.45, 7) is 5.25. The molecule has 0 amide bonds. The van der Waals surface area contributed by atoms with Crippen LogP contribution < -0.4 is 4.72 Å². The van der Waals surface area contributed by atoms with Crippen molar-refractivity contribution in [3.63, 3.8) is 0 Å². The molecule has 1 heterocycles. The summed E-state index contributed by atoms with van der Waals surface area (Å²) in [6, 6.07) is 5.57. The zero-order valence-electron chi connectivity index (χ0n) is 11.2. The van der Waals surface area contributed by atoms with E-state index in [0.29, 0.717) is 24.7 Å². The van der Waals surface area contributed by atoms with Gasteiger partial charge in [0.2, 0.25) is 0 Å². The van der Waals surface area contributed by atoms with Crippen LogP contribution in [0.4, 0.5) is 5.69 Å². The summed E-state index contributed by atoms with van der Waals surface area (Å²) in [5.74, 6) is 0.423. The maximum absolute atomic E-state index is 12.3. The molecule has 0 bridgehead atoms. The third-order valence-electron chi connectivity index (χ3n) is 3.32. The number of hydrogen-bond acceptors (Lipinski definition) is 2. The Bertz CT molecular complexity index is 560. The number of piperidine rings is 1. The first-order valence-electron chi connectivity index (χ1n) is 6.42. The quantitative estimate of drug-likeness (QED) is 0.913. The molecule has 0 aliphatic carbocycles.